The third-order valence-corrected chi connectivity index (χ3v) is 6.47. The van der Waals surface area contributed by atoms with E-state index in [-0.39, 0.29) is 50.0 Å². The van der Waals surface area contributed by atoms with Crippen LogP contribution in [0.4, 0.5) is 9.18 Å². The zero-order chi connectivity index (χ0) is 29.8. The first-order valence-electron chi connectivity index (χ1n) is 13.4. The van der Waals surface area contributed by atoms with E-state index < -0.39 is 23.9 Å². The molecule has 1 aliphatic rings. The van der Waals surface area contributed by atoms with E-state index in [1.165, 1.54) is 35.4 Å². The fraction of sp³-hybridized carbons (Fsp3) is 0.379. The minimum Gasteiger partial charge on any atom is -0.447 e. The Morgan fingerprint density at radius 1 is 1.24 bits per heavy atom. The molecule has 0 saturated carbocycles. The first-order valence-corrected chi connectivity index (χ1v) is 13.4. The van der Waals surface area contributed by atoms with Gasteiger partial charge in [-0.05, 0) is 62.9 Å². The molecule has 2 aromatic rings. The standard InChI is InChI=1S/C29H36FN5O6/c1-3-23(28(39)34(4-2)19-22-18-20-17-21(30)11-12-24(20)31-22)32-27(38)25(33-29(40)41-16-15-36)9-5-6-10-26(37)35-13-7-8-14-35/h3-4,6,10-12,17-18,25,31,36H,2,5,7-9,13-16,19H2,1H3,(H,32,38)(H,33,40)/b10-6+,23-3+/t25-/m0/s1. The number of carbonyl (C=O) groups is 4. The van der Waals surface area contributed by atoms with Crippen molar-refractivity contribution in [2.75, 3.05) is 26.3 Å². The van der Waals surface area contributed by atoms with Crippen LogP contribution in [0.5, 0.6) is 0 Å². The largest absolute Gasteiger partial charge is 0.447 e. The second kappa shape index (κ2) is 15.4. The molecule has 1 aromatic carbocycles. The summed E-state index contributed by atoms with van der Waals surface area (Å²) in [7, 11) is 0. The summed E-state index contributed by atoms with van der Waals surface area (Å²) in [5, 5.41) is 14.6. The number of H-pyrrole nitrogens is 1. The fourth-order valence-electron chi connectivity index (χ4n) is 4.36. The molecule has 41 heavy (non-hydrogen) atoms. The van der Waals surface area contributed by atoms with Crippen LogP contribution < -0.4 is 10.6 Å². The molecule has 1 aliphatic heterocycles. The second-order valence-electron chi connectivity index (χ2n) is 9.40. The van der Waals surface area contributed by atoms with Gasteiger partial charge in [-0.3, -0.25) is 14.4 Å². The van der Waals surface area contributed by atoms with Gasteiger partial charge in [-0.2, -0.15) is 0 Å². The summed E-state index contributed by atoms with van der Waals surface area (Å²) < 4.78 is 18.4. The molecule has 2 heterocycles. The van der Waals surface area contributed by atoms with Gasteiger partial charge < -0.3 is 35.3 Å². The van der Waals surface area contributed by atoms with Gasteiger partial charge in [-0.15, -0.1) is 0 Å². The normalized spacial score (nSPS) is 14.2. The summed E-state index contributed by atoms with van der Waals surface area (Å²) in [6.07, 6.45) is 7.26. The van der Waals surface area contributed by atoms with Gasteiger partial charge in [0.25, 0.3) is 5.91 Å². The van der Waals surface area contributed by atoms with Crippen molar-refractivity contribution in [1.29, 1.82) is 0 Å². The maximum atomic E-state index is 13.6. The number of likely N-dealkylation sites (tertiary alicyclic amines) is 1. The first kappa shape index (κ1) is 31.1. The van der Waals surface area contributed by atoms with Gasteiger partial charge in [0.15, 0.2) is 0 Å². The Morgan fingerprint density at radius 3 is 2.68 bits per heavy atom. The Balaban J connectivity index is 1.65. The number of alkyl carbamates (subject to hydrolysis) is 1. The summed E-state index contributed by atoms with van der Waals surface area (Å²) in [6.45, 7) is 6.15. The molecule has 4 N–H and O–H groups in total. The second-order valence-corrected chi connectivity index (χ2v) is 9.40. The van der Waals surface area contributed by atoms with Gasteiger partial charge in [0.05, 0.1) is 13.2 Å². The van der Waals surface area contributed by atoms with Crippen LogP contribution in [0.1, 0.15) is 38.3 Å². The average Bonchev–Trinajstić information content (AvgIpc) is 3.64. The number of fused-ring (bicyclic) bond motifs is 1. The molecular formula is C29H36FN5O6. The average molecular weight is 570 g/mol. The van der Waals surface area contributed by atoms with Crippen molar-refractivity contribution in [1.82, 2.24) is 25.4 Å². The van der Waals surface area contributed by atoms with Gasteiger partial charge in [0.2, 0.25) is 11.8 Å². The van der Waals surface area contributed by atoms with E-state index in [0.29, 0.717) is 29.7 Å². The van der Waals surface area contributed by atoms with Crippen molar-refractivity contribution in [3.8, 4) is 0 Å². The predicted molar refractivity (Wildman–Crippen MR) is 150 cm³/mol. The molecule has 3 rings (SSSR count). The number of halogens is 1. The molecule has 1 saturated heterocycles. The number of nitrogens with one attached hydrogen (secondary N) is 3. The number of ether oxygens (including phenoxy) is 1. The van der Waals surface area contributed by atoms with Gasteiger partial charge in [0.1, 0.15) is 24.2 Å². The number of aromatic amines is 1. The number of hydrogen-bond acceptors (Lipinski definition) is 6. The molecule has 11 nitrogen and oxygen atoms in total. The van der Waals surface area contributed by atoms with E-state index in [1.807, 2.05) is 0 Å². The van der Waals surface area contributed by atoms with Crippen LogP contribution in [-0.2, 0) is 25.7 Å². The molecule has 0 aliphatic carbocycles. The van der Waals surface area contributed by atoms with Crippen molar-refractivity contribution < 1.29 is 33.4 Å². The zero-order valence-corrected chi connectivity index (χ0v) is 23.0. The Kier molecular flexibility index (Phi) is 11.6. The number of aliphatic hydroxyl groups is 1. The molecule has 1 aromatic heterocycles. The van der Waals surface area contributed by atoms with E-state index in [1.54, 1.807) is 30.0 Å². The molecule has 12 heteroatoms. The maximum absolute atomic E-state index is 13.6. The maximum Gasteiger partial charge on any atom is 0.407 e. The summed E-state index contributed by atoms with van der Waals surface area (Å²) >= 11 is 0. The minimum absolute atomic E-state index is 0.0488. The minimum atomic E-state index is -1.10. The summed E-state index contributed by atoms with van der Waals surface area (Å²) in [5.41, 5.74) is 1.28. The molecule has 0 bridgehead atoms. The Labute approximate surface area is 237 Å². The van der Waals surface area contributed by atoms with Crippen molar-refractivity contribution in [3.63, 3.8) is 0 Å². The summed E-state index contributed by atoms with van der Waals surface area (Å²) in [6, 6.07) is 4.93. The molecule has 220 valence electrons. The lowest BCUT2D eigenvalue weighted by Crippen LogP contribution is -2.48. The first-order chi connectivity index (χ1) is 19.7. The van der Waals surface area contributed by atoms with E-state index in [2.05, 4.69) is 22.2 Å². The van der Waals surface area contributed by atoms with Crippen LogP contribution in [0.25, 0.3) is 10.9 Å². The van der Waals surface area contributed by atoms with E-state index in [4.69, 9.17) is 9.84 Å². The SMILES string of the molecule is C=CN(Cc1cc2cc(F)ccc2[nH]1)C(=O)/C(=C\C)NC(=O)[C@H](CC/C=C/C(=O)N1CCCC1)NC(=O)OCCO. The summed E-state index contributed by atoms with van der Waals surface area (Å²) in [5.74, 6) is -1.71. The van der Waals surface area contributed by atoms with Crippen LogP contribution in [0.3, 0.4) is 0 Å². The van der Waals surface area contributed by atoms with Crippen molar-refractivity contribution in [3.05, 3.63) is 72.5 Å². The highest BCUT2D eigenvalue weighted by molar-refractivity contribution is 5.99. The Morgan fingerprint density at radius 2 is 2.00 bits per heavy atom. The van der Waals surface area contributed by atoms with Gasteiger partial charge in [-0.25, -0.2) is 9.18 Å². The number of nitrogens with zero attached hydrogens (tertiary/aromatic N) is 2. The third kappa shape index (κ3) is 9.04. The van der Waals surface area contributed by atoms with Gasteiger partial charge >= 0.3 is 6.09 Å². The lowest BCUT2D eigenvalue weighted by molar-refractivity contribution is -0.129. The number of aliphatic hydroxyl groups excluding tert-OH is 1. The van der Waals surface area contributed by atoms with Crippen LogP contribution in [0.15, 0.2) is 61.0 Å². The van der Waals surface area contributed by atoms with Crippen LogP contribution in [0, 0.1) is 5.82 Å². The monoisotopic (exact) mass is 569 g/mol. The van der Waals surface area contributed by atoms with E-state index in [0.717, 1.165) is 12.8 Å². The fourth-order valence-corrected chi connectivity index (χ4v) is 4.36. The number of allylic oxidation sites excluding steroid dienone is 2. The zero-order valence-electron chi connectivity index (χ0n) is 23.0. The quantitative estimate of drug-likeness (QED) is 0.273. The molecule has 0 unspecified atom stereocenters. The highest BCUT2D eigenvalue weighted by Gasteiger charge is 2.25. The van der Waals surface area contributed by atoms with E-state index in [9.17, 15) is 23.6 Å². The molecule has 1 fully saturated rings. The summed E-state index contributed by atoms with van der Waals surface area (Å²) in [4.78, 5) is 57.0. The molecule has 1 atom stereocenters. The number of amides is 4. The molecule has 4 amide bonds. The Bertz CT molecular complexity index is 1310. The lowest BCUT2D eigenvalue weighted by Gasteiger charge is -2.22. The van der Waals surface area contributed by atoms with Crippen molar-refractivity contribution in [2.45, 2.75) is 45.2 Å². The van der Waals surface area contributed by atoms with Crippen molar-refractivity contribution in [2.24, 2.45) is 0 Å². The third-order valence-electron chi connectivity index (χ3n) is 6.47. The predicted octanol–water partition coefficient (Wildman–Crippen LogP) is 2.85. The molecular weight excluding hydrogens is 533 g/mol. The van der Waals surface area contributed by atoms with E-state index >= 15 is 0 Å². The van der Waals surface area contributed by atoms with Crippen molar-refractivity contribution >= 4 is 34.7 Å². The number of carbonyl (C=O) groups excluding carboxylic acids is 4. The molecule has 0 spiro atoms. The number of aromatic nitrogens is 1. The highest BCUT2D eigenvalue weighted by atomic mass is 19.1. The molecule has 0 radical (unpaired) electrons. The van der Waals surface area contributed by atoms with Crippen LogP contribution in [0.2, 0.25) is 0 Å². The lowest BCUT2D eigenvalue weighted by atomic mass is 10.1. The van der Waals surface area contributed by atoms with Gasteiger partial charge in [-0.1, -0.05) is 18.7 Å². The topological polar surface area (TPSA) is 144 Å². The van der Waals surface area contributed by atoms with Crippen LogP contribution in [-0.4, -0.2) is 76.1 Å². The number of hydrogen-bond donors (Lipinski definition) is 4. The Hall–Kier alpha value is -4.45. The number of rotatable bonds is 13. The smallest absolute Gasteiger partial charge is 0.407 e. The van der Waals surface area contributed by atoms with Gasteiger partial charge in [0, 0.05) is 35.9 Å². The highest BCUT2D eigenvalue weighted by Crippen LogP contribution is 2.18. The number of benzene rings is 1. The van der Waals surface area contributed by atoms with Crippen LogP contribution >= 0.6 is 0 Å².